The van der Waals surface area contributed by atoms with Crippen LogP contribution < -0.4 is 0 Å². The van der Waals surface area contributed by atoms with Crippen LogP contribution in [0.5, 0.6) is 0 Å². The Bertz CT molecular complexity index is 238. The minimum atomic E-state index is -0.622. The van der Waals surface area contributed by atoms with Crippen molar-refractivity contribution in [2.75, 3.05) is 19.6 Å². The molecule has 15 heavy (non-hydrogen) atoms. The molecule has 0 bridgehead atoms. The first-order valence-electron chi connectivity index (χ1n) is 5.84. The van der Waals surface area contributed by atoms with Gasteiger partial charge in [-0.05, 0) is 24.8 Å². The maximum Gasteiger partial charge on any atom is 0.311 e. The van der Waals surface area contributed by atoms with Gasteiger partial charge in [0.25, 0.3) is 0 Å². The van der Waals surface area contributed by atoms with E-state index in [1.165, 1.54) is 0 Å². The third-order valence-corrected chi connectivity index (χ3v) is 3.53. The monoisotopic (exact) mass is 213 g/mol. The normalized spacial score (nSPS) is 27.9. The highest BCUT2D eigenvalue weighted by Crippen LogP contribution is 2.38. The topological polar surface area (TPSA) is 40.5 Å². The Labute approximate surface area is 92.5 Å². The van der Waals surface area contributed by atoms with Crippen LogP contribution in [0.4, 0.5) is 0 Å². The second kappa shape index (κ2) is 4.52. The summed E-state index contributed by atoms with van der Waals surface area (Å²) in [6, 6.07) is 0. The van der Waals surface area contributed by atoms with Crippen molar-refractivity contribution in [1.29, 1.82) is 0 Å². The number of carboxylic acid groups (broad SMARTS) is 1. The number of hydrogen-bond donors (Lipinski definition) is 1. The molecule has 0 aliphatic carbocycles. The maximum absolute atomic E-state index is 11.4. The van der Waals surface area contributed by atoms with Crippen LogP contribution >= 0.6 is 0 Å². The molecular weight excluding hydrogens is 190 g/mol. The first-order chi connectivity index (χ1) is 6.88. The molecule has 1 N–H and O–H groups in total. The zero-order chi connectivity index (χ0) is 11.6. The van der Waals surface area contributed by atoms with Gasteiger partial charge in [-0.25, -0.2) is 0 Å². The molecule has 0 aromatic heterocycles. The molecule has 1 rings (SSSR count). The molecule has 3 heteroatoms. The predicted molar refractivity (Wildman–Crippen MR) is 60.8 cm³/mol. The predicted octanol–water partition coefficient (Wildman–Crippen LogP) is 2.08. The summed E-state index contributed by atoms with van der Waals surface area (Å²) in [4.78, 5) is 13.7. The summed E-state index contributed by atoms with van der Waals surface area (Å²) in [6.07, 6.45) is 0.798. The molecule has 0 aromatic carbocycles. The molecular formula is C12H23NO2. The highest BCUT2D eigenvalue weighted by Gasteiger charge is 2.46. The van der Waals surface area contributed by atoms with E-state index in [1.54, 1.807) is 0 Å². The van der Waals surface area contributed by atoms with E-state index in [0.717, 1.165) is 26.1 Å². The van der Waals surface area contributed by atoms with E-state index in [1.807, 2.05) is 13.8 Å². The standard InChI is InChI=1S/C12H23NO2/c1-9(2)7-13-6-5-12(8-13,10(3)4)11(14)15/h9-10H,5-8H2,1-4H3,(H,14,15). The summed E-state index contributed by atoms with van der Waals surface area (Å²) in [5.74, 6) is 0.206. The van der Waals surface area contributed by atoms with Crippen LogP contribution in [-0.2, 0) is 4.79 Å². The third-order valence-electron chi connectivity index (χ3n) is 3.53. The van der Waals surface area contributed by atoms with Gasteiger partial charge in [0.1, 0.15) is 0 Å². The van der Waals surface area contributed by atoms with Crippen molar-refractivity contribution in [3.8, 4) is 0 Å². The van der Waals surface area contributed by atoms with E-state index in [0.29, 0.717) is 5.92 Å². The summed E-state index contributed by atoms with van der Waals surface area (Å²) >= 11 is 0. The van der Waals surface area contributed by atoms with Crippen LogP contribution in [-0.4, -0.2) is 35.6 Å². The van der Waals surface area contributed by atoms with E-state index >= 15 is 0 Å². The molecule has 0 aromatic rings. The first kappa shape index (κ1) is 12.5. The fraction of sp³-hybridized carbons (Fsp3) is 0.917. The van der Waals surface area contributed by atoms with Crippen LogP contribution in [0, 0.1) is 17.3 Å². The Morgan fingerprint density at radius 3 is 2.33 bits per heavy atom. The minimum absolute atomic E-state index is 0.215. The lowest BCUT2D eigenvalue weighted by molar-refractivity contribution is -0.151. The van der Waals surface area contributed by atoms with Crippen LogP contribution in [0.2, 0.25) is 0 Å². The number of carbonyl (C=O) groups is 1. The lowest BCUT2D eigenvalue weighted by Gasteiger charge is -2.29. The minimum Gasteiger partial charge on any atom is -0.481 e. The van der Waals surface area contributed by atoms with E-state index in [-0.39, 0.29) is 5.92 Å². The van der Waals surface area contributed by atoms with Crippen LogP contribution in [0.15, 0.2) is 0 Å². The SMILES string of the molecule is CC(C)CN1CCC(C(=O)O)(C(C)C)C1. The molecule has 1 atom stereocenters. The van der Waals surface area contributed by atoms with Gasteiger partial charge in [-0.1, -0.05) is 27.7 Å². The molecule has 3 nitrogen and oxygen atoms in total. The smallest absolute Gasteiger partial charge is 0.311 e. The Morgan fingerprint density at radius 1 is 1.40 bits per heavy atom. The molecule has 1 aliphatic heterocycles. The van der Waals surface area contributed by atoms with E-state index in [2.05, 4.69) is 18.7 Å². The fourth-order valence-electron chi connectivity index (χ4n) is 2.48. The molecule has 0 spiro atoms. The molecule has 0 radical (unpaired) electrons. The average molecular weight is 213 g/mol. The number of likely N-dealkylation sites (tertiary alicyclic amines) is 1. The zero-order valence-corrected chi connectivity index (χ0v) is 10.3. The largest absolute Gasteiger partial charge is 0.481 e. The van der Waals surface area contributed by atoms with Gasteiger partial charge in [-0.3, -0.25) is 4.79 Å². The number of aliphatic carboxylic acids is 1. The van der Waals surface area contributed by atoms with Gasteiger partial charge in [-0.2, -0.15) is 0 Å². The second-order valence-corrected chi connectivity index (χ2v) is 5.49. The Hall–Kier alpha value is -0.570. The van der Waals surface area contributed by atoms with Crippen LogP contribution in [0.25, 0.3) is 0 Å². The van der Waals surface area contributed by atoms with Crippen molar-refractivity contribution < 1.29 is 9.90 Å². The molecule has 1 aliphatic rings. The lowest BCUT2D eigenvalue weighted by Crippen LogP contribution is -2.39. The lowest BCUT2D eigenvalue weighted by atomic mass is 9.76. The summed E-state index contributed by atoms with van der Waals surface area (Å²) in [6.45, 7) is 11.1. The summed E-state index contributed by atoms with van der Waals surface area (Å²) in [5.41, 5.74) is -0.505. The Balaban J connectivity index is 2.68. The van der Waals surface area contributed by atoms with Gasteiger partial charge in [0, 0.05) is 13.1 Å². The maximum atomic E-state index is 11.4. The number of hydrogen-bond acceptors (Lipinski definition) is 2. The number of carboxylic acids is 1. The zero-order valence-electron chi connectivity index (χ0n) is 10.3. The molecule has 1 unspecified atom stereocenters. The van der Waals surface area contributed by atoms with E-state index in [4.69, 9.17) is 0 Å². The van der Waals surface area contributed by atoms with Gasteiger partial charge >= 0.3 is 5.97 Å². The average Bonchev–Trinajstić information content (AvgIpc) is 2.48. The highest BCUT2D eigenvalue weighted by atomic mass is 16.4. The molecule has 1 saturated heterocycles. The quantitative estimate of drug-likeness (QED) is 0.777. The van der Waals surface area contributed by atoms with Crippen molar-refractivity contribution >= 4 is 5.97 Å². The van der Waals surface area contributed by atoms with Crippen molar-refractivity contribution in [1.82, 2.24) is 4.90 Å². The highest BCUT2D eigenvalue weighted by molar-refractivity contribution is 5.75. The van der Waals surface area contributed by atoms with Crippen LogP contribution in [0.1, 0.15) is 34.1 Å². The van der Waals surface area contributed by atoms with Crippen molar-refractivity contribution in [3.05, 3.63) is 0 Å². The summed E-state index contributed by atoms with van der Waals surface area (Å²) in [7, 11) is 0. The number of rotatable bonds is 4. The van der Waals surface area contributed by atoms with Gasteiger partial charge in [-0.15, -0.1) is 0 Å². The second-order valence-electron chi connectivity index (χ2n) is 5.49. The van der Waals surface area contributed by atoms with Gasteiger partial charge < -0.3 is 10.0 Å². The molecule has 0 amide bonds. The van der Waals surface area contributed by atoms with E-state index < -0.39 is 11.4 Å². The van der Waals surface area contributed by atoms with Gasteiger partial charge in [0.15, 0.2) is 0 Å². The molecule has 0 saturated carbocycles. The Morgan fingerprint density at radius 2 is 2.00 bits per heavy atom. The van der Waals surface area contributed by atoms with Crippen molar-refractivity contribution in [3.63, 3.8) is 0 Å². The fourth-order valence-corrected chi connectivity index (χ4v) is 2.48. The van der Waals surface area contributed by atoms with Crippen LogP contribution in [0.3, 0.4) is 0 Å². The first-order valence-corrected chi connectivity index (χ1v) is 5.84. The van der Waals surface area contributed by atoms with Gasteiger partial charge in [0.05, 0.1) is 5.41 Å². The van der Waals surface area contributed by atoms with Gasteiger partial charge in [0.2, 0.25) is 0 Å². The van der Waals surface area contributed by atoms with Crippen molar-refractivity contribution in [2.24, 2.45) is 17.3 Å². The molecule has 1 heterocycles. The van der Waals surface area contributed by atoms with Crippen molar-refractivity contribution in [2.45, 2.75) is 34.1 Å². The summed E-state index contributed by atoms with van der Waals surface area (Å²) < 4.78 is 0. The Kier molecular flexibility index (Phi) is 3.77. The number of nitrogens with zero attached hydrogens (tertiary/aromatic N) is 1. The van der Waals surface area contributed by atoms with E-state index in [9.17, 15) is 9.90 Å². The molecule has 88 valence electrons. The third kappa shape index (κ3) is 2.51. The molecule has 1 fully saturated rings. The summed E-state index contributed by atoms with van der Waals surface area (Å²) in [5, 5.41) is 9.36.